The summed E-state index contributed by atoms with van der Waals surface area (Å²) in [6.07, 6.45) is 0.907. The second-order valence-electron chi connectivity index (χ2n) is 6.37. The quantitative estimate of drug-likeness (QED) is 0.846. The zero-order valence-electron chi connectivity index (χ0n) is 14.5. The summed E-state index contributed by atoms with van der Waals surface area (Å²) in [5.41, 5.74) is 2.36. The van der Waals surface area contributed by atoms with E-state index in [9.17, 15) is 9.90 Å². The van der Waals surface area contributed by atoms with Crippen LogP contribution in [0.25, 0.3) is 0 Å². The van der Waals surface area contributed by atoms with Crippen LogP contribution in [0.5, 0.6) is 5.75 Å². The zero-order valence-corrected chi connectivity index (χ0v) is 14.5. The Labute approximate surface area is 148 Å². The number of allylic oxidation sites excluding steroid dienone is 1. The summed E-state index contributed by atoms with van der Waals surface area (Å²) in [7, 11) is 1.61. The molecule has 2 aromatic rings. The Kier molecular flexibility index (Phi) is 5.08. The number of hydrogen-bond acceptors (Lipinski definition) is 4. The number of aliphatic hydroxyl groups is 1. The number of rotatable bonds is 5. The monoisotopic (exact) mass is 337 g/mol. The number of benzene rings is 2. The van der Waals surface area contributed by atoms with Crippen molar-refractivity contribution in [3.63, 3.8) is 0 Å². The minimum atomic E-state index is -0.291. The van der Waals surface area contributed by atoms with Gasteiger partial charge in [0.2, 0.25) is 0 Å². The van der Waals surface area contributed by atoms with Gasteiger partial charge in [-0.05, 0) is 30.5 Å². The molecular formula is C21H23NO3. The SMILES string of the molecule is COc1ccccc1NC(C)C1=C(O)C[C@H](c2ccccc2)CC1=O. The lowest BCUT2D eigenvalue weighted by atomic mass is 9.81. The molecule has 1 aliphatic carbocycles. The summed E-state index contributed by atoms with van der Waals surface area (Å²) in [5.74, 6) is 0.920. The highest BCUT2D eigenvalue weighted by atomic mass is 16.5. The third-order valence-electron chi connectivity index (χ3n) is 4.67. The van der Waals surface area contributed by atoms with Crippen molar-refractivity contribution < 1.29 is 14.6 Å². The van der Waals surface area contributed by atoms with Gasteiger partial charge in [-0.15, -0.1) is 0 Å². The van der Waals surface area contributed by atoms with Crippen LogP contribution in [-0.4, -0.2) is 24.0 Å². The van der Waals surface area contributed by atoms with E-state index in [0.717, 1.165) is 11.3 Å². The van der Waals surface area contributed by atoms with Crippen molar-refractivity contribution in [2.45, 2.75) is 31.7 Å². The second kappa shape index (κ2) is 7.43. The zero-order chi connectivity index (χ0) is 17.8. The van der Waals surface area contributed by atoms with Gasteiger partial charge >= 0.3 is 0 Å². The molecule has 3 rings (SSSR count). The number of ketones is 1. The Balaban J connectivity index is 1.80. The summed E-state index contributed by atoms with van der Waals surface area (Å²) < 4.78 is 5.34. The topological polar surface area (TPSA) is 58.6 Å². The van der Waals surface area contributed by atoms with Crippen molar-refractivity contribution in [3.05, 3.63) is 71.5 Å². The summed E-state index contributed by atoms with van der Waals surface area (Å²) in [6, 6.07) is 17.1. The fourth-order valence-corrected chi connectivity index (χ4v) is 3.43. The van der Waals surface area contributed by atoms with E-state index in [-0.39, 0.29) is 23.5 Å². The Bertz CT molecular complexity index is 783. The molecule has 2 atom stereocenters. The van der Waals surface area contributed by atoms with Crippen molar-refractivity contribution in [1.82, 2.24) is 0 Å². The van der Waals surface area contributed by atoms with Crippen molar-refractivity contribution in [2.75, 3.05) is 12.4 Å². The highest BCUT2D eigenvalue weighted by molar-refractivity contribution is 5.99. The number of aliphatic hydroxyl groups excluding tert-OH is 1. The lowest BCUT2D eigenvalue weighted by molar-refractivity contribution is -0.116. The Morgan fingerprint density at radius 3 is 2.44 bits per heavy atom. The molecule has 1 unspecified atom stereocenters. The van der Waals surface area contributed by atoms with Crippen LogP contribution in [0.4, 0.5) is 5.69 Å². The third-order valence-corrected chi connectivity index (χ3v) is 4.67. The first kappa shape index (κ1) is 17.1. The van der Waals surface area contributed by atoms with Crippen LogP contribution in [0, 0.1) is 0 Å². The fraction of sp³-hybridized carbons (Fsp3) is 0.286. The molecule has 130 valence electrons. The smallest absolute Gasteiger partial charge is 0.164 e. The summed E-state index contributed by atoms with van der Waals surface area (Å²) >= 11 is 0. The number of carbonyl (C=O) groups is 1. The number of hydrogen-bond donors (Lipinski definition) is 2. The van der Waals surface area contributed by atoms with Crippen molar-refractivity contribution in [1.29, 1.82) is 0 Å². The number of ether oxygens (including phenoxy) is 1. The van der Waals surface area contributed by atoms with Gasteiger partial charge in [-0.2, -0.15) is 0 Å². The normalized spacial score (nSPS) is 18.8. The molecule has 0 amide bonds. The van der Waals surface area contributed by atoms with E-state index in [0.29, 0.717) is 24.2 Å². The van der Waals surface area contributed by atoms with Gasteiger partial charge in [0.1, 0.15) is 11.5 Å². The molecular weight excluding hydrogens is 314 g/mol. The number of carbonyl (C=O) groups excluding carboxylic acids is 1. The number of Topliss-reactive ketones (excluding diaryl/α,β-unsaturated/α-hetero) is 1. The number of nitrogens with one attached hydrogen (secondary N) is 1. The Hall–Kier alpha value is -2.75. The molecule has 0 saturated carbocycles. The maximum atomic E-state index is 12.7. The molecule has 2 aromatic carbocycles. The first-order chi connectivity index (χ1) is 12.1. The number of methoxy groups -OCH3 is 1. The average Bonchev–Trinajstić information content (AvgIpc) is 2.62. The van der Waals surface area contributed by atoms with E-state index in [4.69, 9.17) is 4.74 Å². The van der Waals surface area contributed by atoms with E-state index in [1.165, 1.54) is 0 Å². The lowest BCUT2D eigenvalue weighted by Gasteiger charge is -2.28. The van der Waals surface area contributed by atoms with Gasteiger partial charge < -0.3 is 15.2 Å². The largest absolute Gasteiger partial charge is 0.512 e. The molecule has 0 radical (unpaired) electrons. The van der Waals surface area contributed by atoms with E-state index in [1.54, 1.807) is 7.11 Å². The van der Waals surface area contributed by atoms with Gasteiger partial charge in [0.05, 0.1) is 24.4 Å². The van der Waals surface area contributed by atoms with Crippen LogP contribution < -0.4 is 10.1 Å². The Morgan fingerprint density at radius 2 is 1.76 bits per heavy atom. The van der Waals surface area contributed by atoms with E-state index < -0.39 is 0 Å². The van der Waals surface area contributed by atoms with Crippen LogP contribution in [0.15, 0.2) is 65.9 Å². The van der Waals surface area contributed by atoms with E-state index in [1.807, 2.05) is 61.5 Å². The maximum absolute atomic E-state index is 12.7. The van der Waals surface area contributed by atoms with Crippen molar-refractivity contribution in [3.8, 4) is 5.75 Å². The Morgan fingerprint density at radius 1 is 1.08 bits per heavy atom. The predicted octanol–water partition coefficient (Wildman–Crippen LogP) is 4.45. The van der Waals surface area contributed by atoms with Crippen LogP contribution in [0.1, 0.15) is 31.2 Å². The molecule has 1 aliphatic rings. The van der Waals surface area contributed by atoms with Crippen molar-refractivity contribution >= 4 is 11.5 Å². The second-order valence-corrected chi connectivity index (χ2v) is 6.37. The molecule has 0 aliphatic heterocycles. The molecule has 4 nitrogen and oxygen atoms in total. The summed E-state index contributed by atoms with van der Waals surface area (Å²) in [6.45, 7) is 1.89. The van der Waals surface area contributed by atoms with Gasteiger partial charge in [0.15, 0.2) is 5.78 Å². The fourth-order valence-electron chi connectivity index (χ4n) is 3.43. The van der Waals surface area contributed by atoms with Crippen molar-refractivity contribution in [2.24, 2.45) is 0 Å². The van der Waals surface area contributed by atoms with Crippen LogP contribution >= 0.6 is 0 Å². The molecule has 2 N–H and O–H groups in total. The third kappa shape index (κ3) is 3.68. The maximum Gasteiger partial charge on any atom is 0.164 e. The predicted molar refractivity (Wildman–Crippen MR) is 99.2 cm³/mol. The van der Waals surface area contributed by atoms with Gasteiger partial charge in [-0.25, -0.2) is 0 Å². The summed E-state index contributed by atoms with van der Waals surface area (Å²) in [5, 5.41) is 13.8. The minimum absolute atomic E-state index is 0.00694. The molecule has 0 spiro atoms. The van der Waals surface area contributed by atoms with Gasteiger partial charge in [0, 0.05) is 12.8 Å². The first-order valence-corrected chi connectivity index (χ1v) is 8.50. The molecule has 0 bridgehead atoms. The molecule has 0 fully saturated rings. The van der Waals surface area contributed by atoms with E-state index in [2.05, 4.69) is 5.32 Å². The first-order valence-electron chi connectivity index (χ1n) is 8.50. The van der Waals surface area contributed by atoms with Gasteiger partial charge in [-0.3, -0.25) is 4.79 Å². The molecule has 0 aromatic heterocycles. The van der Waals surface area contributed by atoms with Crippen LogP contribution in [0.3, 0.4) is 0 Å². The van der Waals surface area contributed by atoms with Crippen LogP contribution in [-0.2, 0) is 4.79 Å². The van der Waals surface area contributed by atoms with Gasteiger partial charge in [0.25, 0.3) is 0 Å². The average molecular weight is 337 g/mol. The number of para-hydroxylation sites is 2. The molecule has 0 heterocycles. The minimum Gasteiger partial charge on any atom is -0.512 e. The highest BCUT2D eigenvalue weighted by Crippen LogP contribution is 2.35. The van der Waals surface area contributed by atoms with Gasteiger partial charge in [-0.1, -0.05) is 42.5 Å². The lowest BCUT2D eigenvalue weighted by Crippen LogP contribution is -2.29. The van der Waals surface area contributed by atoms with E-state index >= 15 is 0 Å². The van der Waals surface area contributed by atoms with Crippen LogP contribution in [0.2, 0.25) is 0 Å². The molecule has 4 heteroatoms. The molecule has 0 saturated heterocycles. The standard InChI is InChI=1S/C21H23NO3/c1-14(22-17-10-6-7-11-20(17)25-2)21-18(23)12-16(13-19(21)24)15-8-4-3-5-9-15/h3-11,14,16,22-23H,12-13H2,1-2H3/t14?,16-/m0/s1. The summed E-state index contributed by atoms with van der Waals surface area (Å²) in [4.78, 5) is 12.7. The number of anilines is 1. The highest BCUT2D eigenvalue weighted by Gasteiger charge is 2.31. The molecule has 25 heavy (non-hydrogen) atoms.